The van der Waals surface area contributed by atoms with Gasteiger partial charge in [-0.2, -0.15) is 0 Å². The smallest absolute Gasteiger partial charge is 0.248 e. The molecule has 0 spiro atoms. The molecule has 0 radical (unpaired) electrons. The number of nitrogens with zero attached hydrogens (tertiary/aromatic N) is 1. The fourth-order valence-corrected chi connectivity index (χ4v) is 2.60. The van der Waals surface area contributed by atoms with Crippen LogP contribution in [0.1, 0.15) is 12.8 Å². The number of benzene rings is 2. The Balaban J connectivity index is 1.50. The van der Waals surface area contributed by atoms with Crippen molar-refractivity contribution >= 4 is 22.5 Å². The molecule has 0 aliphatic heterocycles. The second-order valence-electron chi connectivity index (χ2n) is 5.81. The predicted octanol–water partition coefficient (Wildman–Crippen LogP) is 3.35. The number of carbonyl (C=O) groups excluding carboxylic acids is 1. The van der Waals surface area contributed by atoms with Gasteiger partial charge in [-0.15, -0.1) is 0 Å². The third kappa shape index (κ3) is 4.26. The van der Waals surface area contributed by atoms with E-state index in [2.05, 4.69) is 4.98 Å². The van der Waals surface area contributed by atoms with E-state index in [1.807, 2.05) is 48.5 Å². The molecule has 1 aromatic heterocycles. The molecule has 0 unspecified atom stereocenters. The number of para-hydroxylation sites is 1. The Morgan fingerprint density at radius 1 is 1.08 bits per heavy atom. The number of H-pyrrole nitrogens is 1. The van der Waals surface area contributed by atoms with E-state index >= 15 is 0 Å². The Morgan fingerprint density at radius 3 is 2.68 bits per heavy atom. The van der Waals surface area contributed by atoms with E-state index in [4.69, 9.17) is 4.74 Å². The molecule has 0 saturated heterocycles. The van der Waals surface area contributed by atoms with Crippen LogP contribution >= 0.6 is 0 Å². The van der Waals surface area contributed by atoms with E-state index in [-0.39, 0.29) is 11.5 Å². The molecular formula is C20H20N2O3. The Hall–Kier alpha value is -3.08. The molecule has 5 heteroatoms. The topological polar surface area (TPSA) is 62.4 Å². The van der Waals surface area contributed by atoms with Gasteiger partial charge in [0.1, 0.15) is 5.75 Å². The summed E-state index contributed by atoms with van der Waals surface area (Å²) in [5, 5.41) is 0.914. The molecule has 0 bridgehead atoms. The zero-order chi connectivity index (χ0) is 17.6. The summed E-state index contributed by atoms with van der Waals surface area (Å²) < 4.78 is 5.72. The summed E-state index contributed by atoms with van der Waals surface area (Å²) in [6.45, 7) is 0.462. The molecule has 0 aliphatic carbocycles. The first kappa shape index (κ1) is 16.8. The molecule has 3 aromatic rings. The SMILES string of the molecule is CN(C(=O)CCCOc1ccc2[nH]c(=O)ccc2c1)c1ccccc1. The van der Waals surface area contributed by atoms with Gasteiger partial charge in [0.05, 0.1) is 6.61 Å². The zero-order valence-electron chi connectivity index (χ0n) is 14.1. The van der Waals surface area contributed by atoms with Crippen molar-refractivity contribution in [2.75, 3.05) is 18.6 Å². The van der Waals surface area contributed by atoms with Crippen molar-refractivity contribution in [2.45, 2.75) is 12.8 Å². The highest BCUT2D eigenvalue weighted by molar-refractivity contribution is 5.92. The molecule has 0 fully saturated rings. The summed E-state index contributed by atoms with van der Waals surface area (Å²) in [7, 11) is 1.78. The van der Waals surface area contributed by atoms with Crippen LogP contribution in [0.5, 0.6) is 5.75 Å². The minimum absolute atomic E-state index is 0.0610. The number of nitrogens with one attached hydrogen (secondary N) is 1. The van der Waals surface area contributed by atoms with Crippen LogP contribution in [0.25, 0.3) is 10.9 Å². The molecule has 1 amide bonds. The largest absolute Gasteiger partial charge is 0.494 e. The maximum atomic E-state index is 12.2. The van der Waals surface area contributed by atoms with Gasteiger partial charge in [-0.05, 0) is 42.8 Å². The number of aromatic amines is 1. The van der Waals surface area contributed by atoms with Crippen LogP contribution in [0.2, 0.25) is 0 Å². The highest BCUT2D eigenvalue weighted by Crippen LogP contribution is 2.18. The minimum Gasteiger partial charge on any atom is -0.494 e. The van der Waals surface area contributed by atoms with E-state index in [0.717, 1.165) is 22.3 Å². The molecule has 0 saturated carbocycles. The molecular weight excluding hydrogens is 316 g/mol. The first-order valence-electron chi connectivity index (χ1n) is 8.21. The quantitative estimate of drug-likeness (QED) is 0.702. The van der Waals surface area contributed by atoms with Crippen LogP contribution in [0, 0.1) is 0 Å². The van der Waals surface area contributed by atoms with Crippen molar-refractivity contribution in [1.82, 2.24) is 4.98 Å². The number of pyridine rings is 1. The number of fused-ring (bicyclic) bond motifs is 1. The molecule has 25 heavy (non-hydrogen) atoms. The van der Waals surface area contributed by atoms with E-state index in [0.29, 0.717) is 19.4 Å². The number of rotatable bonds is 6. The first-order valence-corrected chi connectivity index (χ1v) is 8.21. The van der Waals surface area contributed by atoms with Gasteiger partial charge in [0, 0.05) is 36.1 Å². The summed E-state index contributed by atoms with van der Waals surface area (Å²) in [6.07, 6.45) is 1.06. The summed E-state index contributed by atoms with van der Waals surface area (Å²) in [4.78, 5) is 27.9. The lowest BCUT2D eigenvalue weighted by Gasteiger charge is -2.17. The molecule has 0 aliphatic rings. The van der Waals surface area contributed by atoms with Gasteiger partial charge in [0.2, 0.25) is 11.5 Å². The van der Waals surface area contributed by atoms with Gasteiger partial charge < -0.3 is 14.6 Å². The number of aromatic nitrogens is 1. The van der Waals surface area contributed by atoms with Crippen molar-refractivity contribution in [2.24, 2.45) is 0 Å². The monoisotopic (exact) mass is 336 g/mol. The number of hydrogen-bond acceptors (Lipinski definition) is 3. The highest BCUT2D eigenvalue weighted by Gasteiger charge is 2.10. The van der Waals surface area contributed by atoms with Crippen LogP contribution < -0.4 is 15.2 Å². The fraction of sp³-hybridized carbons (Fsp3) is 0.200. The van der Waals surface area contributed by atoms with Crippen LogP contribution in [0.15, 0.2) is 65.5 Å². The maximum Gasteiger partial charge on any atom is 0.248 e. The second kappa shape index (κ2) is 7.66. The van der Waals surface area contributed by atoms with Crippen molar-refractivity contribution in [1.29, 1.82) is 0 Å². The van der Waals surface area contributed by atoms with Crippen molar-refractivity contribution in [3.63, 3.8) is 0 Å². The summed E-state index contributed by atoms with van der Waals surface area (Å²) in [5.74, 6) is 0.786. The van der Waals surface area contributed by atoms with Crippen molar-refractivity contribution in [3.05, 3.63) is 71.0 Å². The summed E-state index contributed by atoms with van der Waals surface area (Å²) in [5.41, 5.74) is 1.54. The van der Waals surface area contributed by atoms with E-state index < -0.39 is 0 Å². The lowest BCUT2D eigenvalue weighted by molar-refractivity contribution is -0.118. The first-order chi connectivity index (χ1) is 12.1. The van der Waals surface area contributed by atoms with Crippen molar-refractivity contribution in [3.8, 4) is 5.75 Å². The average molecular weight is 336 g/mol. The van der Waals surface area contributed by atoms with Crippen LogP contribution in [-0.2, 0) is 4.79 Å². The molecule has 1 heterocycles. The van der Waals surface area contributed by atoms with E-state index in [9.17, 15) is 9.59 Å². The van der Waals surface area contributed by atoms with Gasteiger partial charge >= 0.3 is 0 Å². The Labute approximate surface area is 145 Å². The highest BCUT2D eigenvalue weighted by atomic mass is 16.5. The number of carbonyl (C=O) groups is 1. The van der Waals surface area contributed by atoms with Gasteiger partial charge in [0.25, 0.3) is 0 Å². The Kier molecular flexibility index (Phi) is 5.14. The summed E-state index contributed by atoms with van der Waals surface area (Å²) in [6, 6.07) is 18.3. The third-order valence-corrected chi connectivity index (χ3v) is 4.02. The van der Waals surface area contributed by atoms with Gasteiger partial charge in [-0.25, -0.2) is 0 Å². The van der Waals surface area contributed by atoms with Gasteiger partial charge in [0.15, 0.2) is 0 Å². The van der Waals surface area contributed by atoms with Crippen LogP contribution in [0.3, 0.4) is 0 Å². The molecule has 5 nitrogen and oxygen atoms in total. The number of ether oxygens (including phenoxy) is 1. The van der Waals surface area contributed by atoms with Gasteiger partial charge in [-0.3, -0.25) is 9.59 Å². The van der Waals surface area contributed by atoms with Crippen LogP contribution in [0.4, 0.5) is 5.69 Å². The zero-order valence-corrected chi connectivity index (χ0v) is 14.1. The molecule has 0 atom stereocenters. The molecule has 3 rings (SSSR count). The normalized spacial score (nSPS) is 10.6. The summed E-state index contributed by atoms with van der Waals surface area (Å²) >= 11 is 0. The maximum absolute atomic E-state index is 12.2. The average Bonchev–Trinajstić information content (AvgIpc) is 2.65. The predicted molar refractivity (Wildman–Crippen MR) is 99.1 cm³/mol. The standard InChI is InChI=1S/C20H20N2O3/c1-22(16-6-3-2-4-7-16)20(24)8-5-13-25-17-10-11-18-15(14-17)9-12-19(23)21-18/h2-4,6-7,9-12,14H,5,8,13H2,1H3,(H,21,23). The molecule has 2 aromatic carbocycles. The number of hydrogen-bond donors (Lipinski definition) is 1. The van der Waals surface area contributed by atoms with Crippen molar-refractivity contribution < 1.29 is 9.53 Å². The van der Waals surface area contributed by atoms with Gasteiger partial charge in [-0.1, -0.05) is 18.2 Å². The lowest BCUT2D eigenvalue weighted by Crippen LogP contribution is -2.26. The fourth-order valence-electron chi connectivity index (χ4n) is 2.60. The number of amides is 1. The Bertz CT molecular complexity index is 919. The van der Waals surface area contributed by atoms with E-state index in [1.165, 1.54) is 6.07 Å². The second-order valence-corrected chi connectivity index (χ2v) is 5.81. The minimum atomic E-state index is -0.123. The molecule has 128 valence electrons. The third-order valence-electron chi connectivity index (χ3n) is 4.02. The van der Waals surface area contributed by atoms with Crippen LogP contribution in [-0.4, -0.2) is 24.5 Å². The number of anilines is 1. The Morgan fingerprint density at radius 2 is 1.88 bits per heavy atom. The van der Waals surface area contributed by atoms with E-state index in [1.54, 1.807) is 18.0 Å². The molecule has 1 N–H and O–H groups in total. The lowest BCUT2D eigenvalue weighted by atomic mass is 10.2.